The van der Waals surface area contributed by atoms with Crippen LogP contribution in [-0.4, -0.2) is 37.9 Å². The fourth-order valence-electron chi connectivity index (χ4n) is 8.87. The molecule has 0 N–H and O–H groups in total. The van der Waals surface area contributed by atoms with Crippen LogP contribution in [0, 0.1) is 0 Å². The number of carbonyl (C=O) groups is 2. The van der Waals surface area contributed by atoms with Crippen LogP contribution in [0.5, 0.6) is 0 Å². The van der Waals surface area contributed by atoms with E-state index in [1.807, 2.05) is 0 Å². The van der Waals surface area contributed by atoms with Crippen LogP contribution in [0.15, 0.2) is 0 Å². The number of ether oxygens (including phenoxy) is 3. The molecule has 0 aromatic heterocycles. The lowest BCUT2D eigenvalue weighted by atomic mass is 10.0. The molecule has 0 aromatic carbocycles. The first-order valence-electron chi connectivity index (χ1n) is 28.6. The van der Waals surface area contributed by atoms with E-state index < -0.39 is 6.10 Å². The van der Waals surface area contributed by atoms with Gasteiger partial charge in [0.1, 0.15) is 6.61 Å². The van der Waals surface area contributed by atoms with Crippen molar-refractivity contribution >= 4 is 11.9 Å². The van der Waals surface area contributed by atoms with E-state index in [1.54, 1.807) is 0 Å². The van der Waals surface area contributed by atoms with E-state index in [0.29, 0.717) is 26.1 Å². The molecule has 0 aliphatic heterocycles. The summed E-state index contributed by atoms with van der Waals surface area (Å²) in [6, 6.07) is 0. The second-order valence-corrected chi connectivity index (χ2v) is 19.6. The van der Waals surface area contributed by atoms with Gasteiger partial charge in [0, 0.05) is 19.4 Å². The van der Waals surface area contributed by atoms with Gasteiger partial charge in [0.15, 0.2) is 6.10 Å². The number of hydrogen-bond acceptors (Lipinski definition) is 5. The van der Waals surface area contributed by atoms with E-state index in [-0.39, 0.29) is 18.5 Å². The summed E-state index contributed by atoms with van der Waals surface area (Å²) in [7, 11) is 0. The topological polar surface area (TPSA) is 61.8 Å². The second kappa shape index (κ2) is 54.2. The minimum atomic E-state index is -0.523. The smallest absolute Gasteiger partial charge is 0.306 e. The Labute approximate surface area is 389 Å². The number of unbranched alkanes of at least 4 members (excludes halogenated alkanes) is 43. The highest BCUT2D eigenvalue weighted by Crippen LogP contribution is 2.17. The minimum absolute atomic E-state index is 0.0983. The van der Waals surface area contributed by atoms with Crippen LogP contribution in [0.4, 0.5) is 0 Å². The summed E-state index contributed by atoms with van der Waals surface area (Å²) >= 11 is 0. The first kappa shape index (κ1) is 60.9. The van der Waals surface area contributed by atoms with Gasteiger partial charge in [-0.1, -0.05) is 297 Å². The zero-order valence-corrected chi connectivity index (χ0v) is 42.7. The highest BCUT2D eigenvalue weighted by atomic mass is 16.6. The number of rotatable bonds is 54. The summed E-state index contributed by atoms with van der Waals surface area (Å²) in [5.74, 6) is -0.366. The molecule has 0 saturated heterocycles. The summed E-state index contributed by atoms with van der Waals surface area (Å²) < 4.78 is 17.5. The molecule has 5 heteroatoms. The first-order chi connectivity index (χ1) is 30.6. The summed E-state index contributed by atoms with van der Waals surface area (Å²) in [4.78, 5) is 25.5. The van der Waals surface area contributed by atoms with E-state index in [9.17, 15) is 9.59 Å². The van der Waals surface area contributed by atoms with E-state index in [0.717, 1.165) is 32.1 Å². The lowest BCUT2D eigenvalue weighted by Gasteiger charge is -2.18. The van der Waals surface area contributed by atoms with Crippen LogP contribution < -0.4 is 0 Å². The highest BCUT2D eigenvalue weighted by Gasteiger charge is 2.17. The predicted octanol–water partition coefficient (Wildman–Crippen LogP) is 19.2. The molecule has 0 rings (SSSR count). The monoisotopic (exact) mass is 877 g/mol. The molecule has 0 saturated carbocycles. The average Bonchev–Trinajstić information content (AvgIpc) is 3.27. The Morgan fingerprint density at radius 3 is 0.823 bits per heavy atom. The third kappa shape index (κ3) is 51.5. The SMILES string of the molecule is CCCCCCCCCCCCCCCCCCOC[C@@H](COC(=O)CCCCCCCCCCCCCCCCC)OC(=O)CCCCCCCCCCCCCCCCC. The van der Waals surface area contributed by atoms with Crippen molar-refractivity contribution in [2.75, 3.05) is 19.8 Å². The van der Waals surface area contributed by atoms with Gasteiger partial charge in [-0.25, -0.2) is 0 Å². The molecular weight excluding hydrogens is 765 g/mol. The van der Waals surface area contributed by atoms with E-state index in [1.165, 1.54) is 263 Å². The van der Waals surface area contributed by atoms with E-state index >= 15 is 0 Å². The quantitative estimate of drug-likeness (QED) is 0.0450. The maximum atomic E-state index is 12.8. The van der Waals surface area contributed by atoms with Crippen molar-refractivity contribution in [1.29, 1.82) is 0 Å². The highest BCUT2D eigenvalue weighted by molar-refractivity contribution is 5.70. The summed E-state index contributed by atoms with van der Waals surface area (Å²) in [5, 5.41) is 0. The Hall–Kier alpha value is -1.10. The predicted molar refractivity (Wildman–Crippen MR) is 270 cm³/mol. The van der Waals surface area contributed by atoms with Crippen LogP contribution in [0.25, 0.3) is 0 Å². The molecule has 370 valence electrons. The van der Waals surface area contributed by atoms with E-state index in [4.69, 9.17) is 14.2 Å². The number of hydrogen-bond donors (Lipinski definition) is 0. The molecule has 0 unspecified atom stereocenters. The molecule has 0 spiro atoms. The Bertz CT molecular complexity index is 860. The molecule has 0 aliphatic rings. The largest absolute Gasteiger partial charge is 0.462 e. The normalized spacial score (nSPS) is 12.0. The Balaban J connectivity index is 4.18. The molecule has 0 amide bonds. The Morgan fingerprint density at radius 1 is 0.290 bits per heavy atom. The maximum absolute atomic E-state index is 12.8. The van der Waals surface area contributed by atoms with Crippen LogP contribution in [0.3, 0.4) is 0 Å². The molecule has 0 heterocycles. The van der Waals surface area contributed by atoms with Crippen LogP contribution in [-0.2, 0) is 23.8 Å². The molecule has 0 radical (unpaired) electrons. The van der Waals surface area contributed by atoms with Gasteiger partial charge in [0.25, 0.3) is 0 Å². The van der Waals surface area contributed by atoms with Crippen LogP contribution >= 0.6 is 0 Å². The number of carbonyl (C=O) groups excluding carboxylic acids is 2. The van der Waals surface area contributed by atoms with Crippen molar-refractivity contribution in [3.63, 3.8) is 0 Å². The van der Waals surface area contributed by atoms with Crippen LogP contribution in [0.2, 0.25) is 0 Å². The van der Waals surface area contributed by atoms with Gasteiger partial charge in [0.2, 0.25) is 0 Å². The zero-order chi connectivity index (χ0) is 44.9. The maximum Gasteiger partial charge on any atom is 0.306 e. The lowest BCUT2D eigenvalue weighted by molar-refractivity contribution is -0.163. The molecule has 0 bridgehead atoms. The fraction of sp³-hybridized carbons (Fsp3) is 0.965. The minimum Gasteiger partial charge on any atom is -0.462 e. The first-order valence-corrected chi connectivity index (χ1v) is 28.6. The number of esters is 2. The third-order valence-corrected chi connectivity index (χ3v) is 13.1. The lowest BCUT2D eigenvalue weighted by Crippen LogP contribution is -2.30. The fourth-order valence-corrected chi connectivity index (χ4v) is 8.87. The average molecular weight is 878 g/mol. The molecule has 0 aromatic rings. The molecule has 62 heavy (non-hydrogen) atoms. The molecule has 0 fully saturated rings. The van der Waals surface area contributed by atoms with Gasteiger partial charge >= 0.3 is 11.9 Å². The van der Waals surface area contributed by atoms with Gasteiger partial charge in [-0.2, -0.15) is 0 Å². The van der Waals surface area contributed by atoms with Gasteiger partial charge in [-0.3, -0.25) is 9.59 Å². The van der Waals surface area contributed by atoms with Crippen molar-refractivity contribution < 1.29 is 23.8 Å². The second-order valence-electron chi connectivity index (χ2n) is 19.6. The van der Waals surface area contributed by atoms with Crippen LogP contribution in [0.1, 0.15) is 329 Å². The summed E-state index contributed by atoms with van der Waals surface area (Å²) in [6.07, 6.45) is 61.1. The van der Waals surface area contributed by atoms with E-state index in [2.05, 4.69) is 20.8 Å². The Kier molecular flexibility index (Phi) is 53.3. The Morgan fingerprint density at radius 2 is 0.532 bits per heavy atom. The van der Waals surface area contributed by atoms with Crippen molar-refractivity contribution in [2.24, 2.45) is 0 Å². The van der Waals surface area contributed by atoms with Crippen molar-refractivity contribution in [2.45, 2.75) is 335 Å². The molecular formula is C57H112O5. The standard InChI is InChI=1S/C57H112O5/c1-4-7-10-13-16-19-22-25-28-31-34-37-40-43-46-49-52-60-53-55(62-57(59)51-48-45-42-39-36-33-30-27-24-21-18-15-12-9-6-3)54-61-56(58)50-47-44-41-38-35-32-29-26-23-20-17-14-11-8-5-2/h55H,4-54H2,1-3H3/t55-/m0/s1. The van der Waals surface area contributed by atoms with Gasteiger partial charge < -0.3 is 14.2 Å². The van der Waals surface area contributed by atoms with Gasteiger partial charge in [-0.05, 0) is 19.3 Å². The van der Waals surface area contributed by atoms with Crippen molar-refractivity contribution in [3.8, 4) is 0 Å². The van der Waals surface area contributed by atoms with Crippen molar-refractivity contribution in [3.05, 3.63) is 0 Å². The summed E-state index contributed by atoms with van der Waals surface area (Å²) in [6.45, 7) is 7.92. The van der Waals surface area contributed by atoms with Gasteiger partial charge in [-0.15, -0.1) is 0 Å². The molecule has 1 atom stereocenters. The van der Waals surface area contributed by atoms with Gasteiger partial charge in [0.05, 0.1) is 6.61 Å². The van der Waals surface area contributed by atoms with Crippen molar-refractivity contribution in [1.82, 2.24) is 0 Å². The zero-order valence-electron chi connectivity index (χ0n) is 42.7. The summed E-state index contributed by atoms with van der Waals surface area (Å²) in [5.41, 5.74) is 0. The molecule has 5 nitrogen and oxygen atoms in total. The molecule has 0 aliphatic carbocycles. The third-order valence-electron chi connectivity index (χ3n) is 13.1.